The minimum atomic E-state index is -1.19. The highest BCUT2D eigenvalue weighted by atomic mass is 32.3. The first-order valence-electron chi connectivity index (χ1n) is 7.15. The van der Waals surface area contributed by atoms with E-state index in [4.69, 9.17) is 4.18 Å². The van der Waals surface area contributed by atoms with Crippen molar-refractivity contribution >= 4 is 34.8 Å². The molecule has 0 saturated heterocycles. The van der Waals surface area contributed by atoms with Crippen LogP contribution in [0.3, 0.4) is 0 Å². The molecule has 132 valence electrons. The van der Waals surface area contributed by atoms with Gasteiger partial charge in [-0.15, -0.1) is 10.3 Å². The normalized spacial score (nSPS) is 14.3. The van der Waals surface area contributed by atoms with Crippen LogP contribution in [0.2, 0.25) is 0 Å². The molecule has 0 aliphatic rings. The lowest BCUT2D eigenvalue weighted by molar-refractivity contribution is -0.136. The quantitative estimate of drug-likeness (QED) is 0.432. The van der Waals surface area contributed by atoms with Gasteiger partial charge in [-0.3, -0.25) is 9.59 Å². The lowest BCUT2D eigenvalue weighted by Crippen LogP contribution is -2.46. The first-order valence-corrected chi connectivity index (χ1v) is 10.6. The van der Waals surface area contributed by atoms with E-state index in [1.807, 2.05) is 18.8 Å². The molecule has 2 amide bonds. The minimum Gasteiger partial charge on any atom is -0.383 e. The van der Waals surface area contributed by atoms with Gasteiger partial charge < -0.3 is 19.9 Å². The highest BCUT2D eigenvalue weighted by molar-refractivity contribution is 8.28. The molecule has 0 aromatic heterocycles. The first kappa shape index (κ1) is 21.6. The summed E-state index contributed by atoms with van der Waals surface area (Å²) in [5.41, 5.74) is -0.696. The van der Waals surface area contributed by atoms with Crippen LogP contribution in [0.1, 0.15) is 20.3 Å². The molecule has 0 aromatic rings. The van der Waals surface area contributed by atoms with Crippen LogP contribution in [0, 0.1) is 5.41 Å². The number of aliphatic hydroxyl groups excluding tert-OH is 1. The molecule has 3 N–H and O–H groups in total. The van der Waals surface area contributed by atoms with E-state index in [1.165, 1.54) is 0 Å². The van der Waals surface area contributed by atoms with Crippen LogP contribution in [-0.2, 0) is 13.8 Å². The van der Waals surface area contributed by atoms with Crippen LogP contribution in [-0.4, -0.2) is 67.2 Å². The third-order valence-corrected chi connectivity index (χ3v) is 3.91. The maximum atomic E-state index is 12.0. The van der Waals surface area contributed by atoms with Crippen molar-refractivity contribution in [1.29, 1.82) is 0 Å². The van der Waals surface area contributed by atoms with Crippen molar-refractivity contribution in [2.24, 2.45) is 5.41 Å². The number of amides is 2. The summed E-state index contributed by atoms with van der Waals surface area (Å²) in [7, 11) is -1.16. The fourth-order valence-electron chi connectivity index (χ4n) is 1.44. The summed E-state index contributed by atoms with van der Waals surface area (Å²) in [6, 6.07) is 0. The zero-order valence-corrected chi connectivity index (χ0v) is 15.9. The monoisotopic (exact) mass is 354 g/mol. The van der Waals surface area contributed by atoms with Gasteiger partial charge in [0.15, 0.2) is 0 Å². The van der Waals surface area contributed by atoms with Gasteiger partial charge in [0.05, 0.1) is 6.61 Å². The van der Waals surface area contributed by atoms with Crippen molar-refractivity contribution in [3.05, 3.63) is 0 Å². The minimum absolute atomic E-state index is 0.150. The van der Waals surface area contributed by atoms with E-state index in [0.29, 0.717) is 18.9 Å². The van der Waals surface area contributed by atoms with Gasteiger partial charge in [0.1, 0.15) is 6.10 Å². The molecule has 0 heterocycles. The van der Waals surface area contributed by atoms with Gasteiger partial charge in [0.2, 0.25) is 11.8 Å². The Morgan fingerprint density at radius 1 is 1.23 bits per heavy atom. The average molecular weight is 355 g/mol. The standard InChI is InChI=1S/C14H30N2O4S2/c1-14(2,10-20-22(3,4)5)12(18)13(19)16-7-6-11(17)15-8-9-21/h12,18,21H,6-10H2,1-5H3,(H,15,17)(H,16,19). The zero-order valence-electron chi connectivity index (χ0n) is 14.1. The van der Waals surface area contributed by atoms with Gasteiger partial charge in [-0.1, -0.05) is 13.8 Å². The lowest BCUT2D eigenvalue weighted by atomic mass is 9.87. The van der Waals surface area contributed by atoms with E-state index in [2.05, 4.69) is 23.3 Å². The van der Waals surface area contributed by atoms with E-state index < -0.39 is 27.7 Å². The molecule has 0 spiro atoms. The highest BCUT2D eigenvalue weighted by Crippen LogP contribution is 2.38. The highest BCUT2D eigenvalue weighted by Gasteiger charge is 2.34. The van der Waals surface area contributed by atoms with Crippen LogP contribution in [0.4, 0.5) is 0 Å². The molecule has 0 aromatic carbocycles. The second-order valence-electron chi connectivity index (χ2n) is 6.49. The SMILES string of the molecule is CC(C)(COS(C)(C)C)C(O)C(=O)NCCC(=O)NCCS. The van der Waals surface area contributed by atoms with Gasteiger partial charge in [-0.2, -0.15) is 12.6 Å². The molecule has 0 bridgehead atoms. The van der Waals surface area contributed by atoms with Gasteiger partial charge in [0.25, 0.3) is 0 Å². The first-order chi connectivity index (χ1) is 9.99. The summed E-state index contributed by atoms with van der Waals surface area (Å²) in [4.78, 5) is 23.3. The summed E-state index contributed by atoms with van der Waals surface area (Å²) in [5, 5.41) is 15.4. The Morgan fingerprint density at radius 2 is 1.82 bits per heavy atom. The van der Waals surface area contributed by atoms with Crippen LogP contribution < -0.4 is 10.6 Å². The van der Waals surface area contributed by atoms with Gasteiger partial charge >= 0.3 is 0 Å². The molecule has 1 unspecified atom stereocenters. The van der Waals surface area contributed by atoms with E-state index >= 15 is 0 Å². The zero-order chi connectivity index (χ0) is 17.4. The fourth-order valence-corrected chi connectivity index (χ4v) is 2.21. The predicted octanol–water partition coefficient (Wildman–Crippen LogP) is 0.551. The summed E-state index contributed by atoms with van der Waals surface area (Å²) in [5.74, 6) is -0.0666. The molecule has 8 heteroatoms. The molecule has 0 rings (SSSR count). The summed E-state index contributed by atoms with van der Waals surface area (Å²) < 4.78 is 5.72. The average Bonchev–Trinajstić information content (AvgIpc) is 2.41. The van der Waals surface area contributed by atoms with Crippen molar-refractivity contribution in [3.8, 4) is 0 Å². The number of carbonyl (C=O) groups excluding carboxylic acids is 2. The van der Waals surface area contributed by atoms with Crippen molar-refractivity contribution in [3.63, 3.8) is 0 Å². The Balaban J connectivity index is 4.21. The number of hydrogen-bond acceptors (Lipinski definition) is 5. The number of hydrogen-bond donors (Lipinski definition) is 4. The van der Waals surface area contributed by atoms with Gasteiger partial charge in [-0.05, 0) is 18.8 Å². The number of aliphatic hydroxyl groups is 1. The molecule has 0 radical (unpaired) electrons. The Morgan fingerprint density at radius 3 is 2.32 bits per heavy atom. The number of nitrogens with one attached hydrogen (secondary N) is 2. The van der Waals surface area contributed by atoms with E-state index in [1.54, 1.807) is 13.8 Å². The largest absolute Gasteiger partial charge is 0.383 e. The molecule has 0 fully saturated rings. The molecular formula is C14H30N2O4S2. The van der Waals surface area contributed by atoms with Crippen LogP contribution in [0.5, 0.6) is 0 Å². The van der Waals surface area contributed by atoms with Crippen molar-refractivity contribution in [2.75, 3.05) is 44.2 Å². The number of carbonyl (C=O) groups is 2. The Labute approximate surface area is 140 Å². The molecule has 0 saturated carbocycles. The van der Waals surface area contributed by atoms with Crippen LogP contribution >= 0.6 is 22.9 Å². The second kappa shape index (κ2) is 9.64. The molecule has 0 aliphatic carbocycles. The topological polar surface area (TPSA) is 87.7 Å². The van der Waals surface area contributed by atoms with E-state index in [-0.39, 0.29) is 18.9 Å². The Hall–Kier alpha value is -0.440. The van der Waals surface area contributed by atoms with Crippen molar-refractivity contribution in [1.82, 2.24) is 10.6 Å². The smallest absolute Gasteiger partial charge is 0.249 e. The second-order valence-corrected chi connectivity index (χ2v) is 10.6. The predicted molar refractivity (Wildman–Crippen MR) is 95.6 cm³/mol. The summed E-state index contributed by atoms with van der Waals surface area (Å²) >= 11 is 3.99. The number of thiol groups is 1. The fraction of sp³-hybridized carbons (Fsp3) is 0.857. The third kappa shape index (κ3) is 9.55. The van der Waals surface area contributed by atoms with Gasteiger partial charge in [0, 0.05) is 30.7 Å². The molecule has 0 aliphatic heterocycles. The third-order valence-electron chi connectivity index (χ3n) is 2.86. The number of rotatable bonds is 10. The van der Waals surface area contributed by atoms with E-state index in [0.717, 1.165) is 0 Å². The molecular weight excluding hydrogens is 324 g/mol. The van der Waals surface area contributed by atoms with E-state index in [9.17, 15) is 14.7 Å². The summed E-state index contributed by atoms with van der Waals surface area (Å²) in [6.07, 6.45) is 4.99. The maximum absolute atomic E-state index is 12.0. The Kier molecular flexibility index (Phi) is 9.45. The molecule has 6 nitrogen and oxygen atoms in total. The van der Waals surface area contributed by atoms with Gasteiger partial charge in [-0.25, -0.2) is 0 Å². The lowest BCUT2D eigenvalue weighted by Gasteiger charge is -2.34. The maximum Gasteiger partial charge on any atom is 0.249 e. The van der Waals surface area contributed by atoms with Crippen LogP contribution in [0.15, 0.2) is 0 Å². The van der Waals surface area contributed by atoms with Crippen LogP contribution in [0.25, 0.3) is 0 Å². The molecule has 1 atom stereocenters. The summed E-state index contributed by atoms with van der Waals surface area (Å²) in [6.45, 7) is 4.54. The van der Waals surface area contributed by atoms with Crippen molar-refractivity contribution < 1.29 is 18.9 Å². The Bertz CT molecular complexity index is 370. The van der Waals surface area contributed by atoms with Crippen molar-refractivity contribution in [2.45, 2.75) is 26.4 Å². The molecule has 22 heavy (non-hydrogen) atoms.